The minimum Gasteiger partial charge on any atom is -0.486 e. The number of ether oxygens (including phenoxy) is 2. The molecule has 1 aromatic rings. The first-order valence-electron chi connectivity index (χ1n) is 7.84. The predicted molar refractivity (Wildman–Crippen MR) is 80.9 cm³/mol. The summed E-state index contributed by atoms with van der Waals surface area (Å²) < 4.78 is 11.0. The summed E-state index contributed by atoms with van der Waals surface area (Å²) in [6.45, 7) is 2.66. The van der Waals surface area contributed by atoms with Gasteiger partial charge in [0.25, 0.3) is 5.78 Å². The van der Waals surface area contributed by atoms with Crippen LogP contribution in [0, 0.1) is 0 Å². The lowest BCUT2D eigenvalue weighted by Crippen LogP contribution is -2.45. The lowest BCUT2D eigenvalue weighted by atomic mass is 10.1. The van der Waals surface area contributed by atoms with E-state index in [9.17, 15) is 14.7 Å². The number of ketones is 1. The predicted octanol–water partition coefficient (Wildman–Crippen LogP) is 0.401. The summed E-state index contributed by atoms with van der Waals surface area (Å²) in [5, 5.41) is 9.58. The average Bonchev–Trinajstić information content (AvgIpc) is 2.80. The summed E-state index contributed by atoms with van der Waals surface area (Å²) in [4.78, 5) is 28.1. The molecule has 0 aromatic heterocycles. The number of anilines is 1. The van der Waals surface area contributed by atoms with Crippen molar-refractivity contribution in [2.24, 2.45) is 0 Å². The molecule has 3 aliphatic heterocycles. The third kappa shape index (κ3) is 2.46. The van der Waals surface area contributed by atoms with E-state index >= 15 is 0 Å². The zero-order valence-electron chi connectivity index (χ0n) is 12.7. The number of carbonyl (C=O) groups is 2. The molecule has 0 atom stereocenters. The normalized spacial score (nSPS) is 21.7. The highest BCUT2D eigenvalue weighted by molar-refractivity contribution is 6.52. The van der Waals surface area contributed by atoms with Crippen molar-refractivity contribution in [2.45, 2.75) is 18.9 Å². The zero-order valence-corrected chi connectivity index (χ0v) is 12.7. The van der Waals surface area contributed by atoms with Crippen molar-refractivity contribution in [2.75, 3.05) is 37.9 Å². The molecule has 0 aliphatic carbocycles. The highest BCUT2D eigenvalue weighted by Gasteiger charge is 2.38. The third-order valence-corrected chi connectivity index (χ3v) is 4.53. The number of piperidine rings is 1. The number of aliphatic hydroxyl groups excluding tert-OH is 1. The maximum atomic E-state index is 12.3. The van der Waals surface area contributed by atoms with Crippen LogP contribution < -0.4 is 14.4 Å². The molecule has 0 unspecified atom stereocenters. The summed E-state index contributed by atoms with van der Waals surface area (Å²) >= 11 is 0. The fourth-order valence-corrected chi connectivity index (χ4v) is 3.23. The monoisotopic (exact) mass is 318 g/mol. The third-order valence-electron chi connectivity index (χ3n) is 4.53. The van der Waals surface area contributed by atoms with E-state index in [0.717, 1.165) is 0 Å². The van der Waals surface area contributed by atoms with E-state index in [0.29, 0.717) is 68.6 Å². The van der Waals surface area contributed by atoms with Gasteiger partial charge < -0.3 is 14.6 Å². The maximum Gasteiger partial charge on any atom is 0.300 e. The molecule has 3 heterocycles. The van der Waals surface area contributed by atoms with Crippen LogP contribution in [0.3, 0.4) is 0 Å². The molecule has 7 heteroatoms. The number of carbonyl (C=O) groups excluding carboxylic acids is 2. The zero-order chi connectivity index (χ0) is 16.0. The largest absolute Gasteiger partial charge is 0.486 e. The van der Waals surface area contributed by atoms with Crippen LogP contribution in [-0.2, 0) is 4.79 Å². The molecule has 23 heavy (non-hydrogen) atoms. The lowest BCUT2D eigenvalue weighted by molar-refractivity contribution is -0.114. The molecule has 1 fully saturated rings. The van der Waals surface area contributed by atoms with E-state index in [4.69, 9.17) is 9.47 Å². The van der Waals surface area contributed by atoms with E-state index in [2.05, 4.69) is 4.90 Å². The Labute approximate surface area is 133 Å². The Kier molecular flexibility index (Phi) is 3.46. The van der Waals surface area contributed by atoms with Crippen molar-refractivity contribution in [3.8, 4) is 11.5 Å². The number of rotatable bonds is 2. The van der Waals surface area contributed by atoms with Crippen LogP contribution in [0.15, 0.2) is 12.1 Å². The summed E-state index contributed by atoms with van der Waals surface area (Å²) in [6.07, 6.45) is 1.10. The quantitative estimate of drug-likeness (QED) is 0.795. The molecule has 122 valence electrons. The van der Waals surface area contributed by atoms with Gasteiger partial charge in [-0.3, -0.25) is 19.4 Å². The molecule has 0 saturated carbocycles. The lowest BCUT2D eigenvalue weighted by Gasteiger charge is -2.32. The van der Waals surface area contributed by atoms with E-state index in [1.165, 1.54) is 4.90 Å². The Hall–Kier alpha value is -2.12. The Morgan fingerprint density at radius 3 is 2.43 bits per heavy atom. The van der Waals surface area contributed by atoms with E-state index in [1.54, 1.807) is 12.1 Å². The molecule has 3 aliphatic rings. The standard InChI is InChI=1S/C16H18N2O5/c19-10-1-3-17(4-2-10)9-18-12-8-14-13(22-5-6-23-14)7-11(12)15(20)16(18)21/h7-8,10,19H,1-6,9H2. The fraction of sp³-hybridized carbons (Fsp3) is 0.500. The van der Waals surface area contributed by atoms with Crippen LogP contribution in [0.25, 0.3) is 0 Å². The second kappa shape index (κ2) is 5.50. The molecule has 1 N–H and O–H groups in total. The Bertz CT molecular complexity index is 667. The Morgan fingerprint density at radius 2 is 1.74 bits per heavy atom. The summed E-state index contributed by atoms with van der Waals surface area (Å²) in [5.74, 6) is 0.0538. The molecule has 1 amide bonds. The fourth-order valence-electron chi connectivity index (χ4n) is 3.23. The number of hydrogen-bond donors (Lipinski definition) is 1. The summed E-state index contributed by atoms with van der Waals surface area (Å²) in [7, 11) is 0. The van der Waals surface area contributed by atoms with Crippen LogP contribution in [0.2, 0.25) is 0 Å². The van der Waals surface area contributed by atoms with Gasteiger partial charge in [0.15, 0.2) is 11.5 Å². The average molecular weight is 318 g/mol. The van der Waals surface area contributed by atoms with Gasteiger partial charge in [0, 0.05) is 19.2 Å². The molecule has 7 nitrogen and oxygen atoms in total. The van der Waals surface area contributed by atoms with Gasteiger partial charge in [-0.1, -0.05) is 0 Å². The SMILES string of the molecule is O=C1C(=O)N(CN2CCC(O)CC2)c2cc3c(cc21)OCCO3. The van der Waals surface area contributed by atoms with Crippen LogP contribution in [0.5, 0.6) is 11.5 Å². The van der Waals surface area contributed by atoms with Gasteiger partial charge in [0.1, 0.15) is 13.2 Å². The van der Waals surface area contributed by atoms with Crippen molar-refractivity contribution >= 4 is 17.4 Å². The van der Waals surface area contributed by atoms with Gasteiger partial charge in [-0.2, -0.15) is 0 Å². The van der Waals surface area contributed by atoms with E-state index < -0.39 is 11.7 Å². The highest BCUT2D eigenvalue weighted by atomic mass is 16.6. The number of Topliss-reactive ketones (excluding diaryl/α,β-unsaturated/α-hetero) is 1. The van der Waals surface area contributed by atoms with Crippen molar-refractivity contribution in [3.05, 3.63) is 17.7 Å². The van der Waals surface area contributed by atoms with Crippen LogP contribution in [0.4, 0.5) is 5.69 Å². The van der Waals surface area contributed by atoms with Gasteiger partial charge in [0.2, 0.25) is 0 Å². The second-order valence-electron chi connectivity index (χ2n) is 6.07. The smallest absolute Gasteiger partial charge is 0.300 e. The van der Waals surface area contributed by atoms with E-state index in [-0.39, 0.29) is 6.10 Å². The van der Waals surface area contributed by atoms with Crippen LogP contribution >= 0.6 is 0 Å². The molecule has 0 spiro atoms. The maximum absolute atomic E-state index is 12.3. The minimum atomic E-state index is -0.520. The number of nitrogens with zero attached hydrogens (tertiary/aromatic N) is 2. The molecule has 1 aromatic carbocycles. The number of hydrogen-bond acceptors (Lipinski definition) is 6. The Morgan fingerprint density at radius 1 is 1.09 bits per heavy atom. The molecular weight excluding hydrogens is 300 g/mol. The van der Waals surface area contributed by atoms with Crippen molar-refractivity contribution in [1.82, 2.24) is 4.90 Å². The number of benzene rings is 1. The molecular formula is C16H18N2O5. The van der Waals surface area contributed by atoms with Gasteiger partial charge in [-0.25, -0.2) is 0 Å². The van der Waals surface area contributed by atoms with Crippen LogP contribution in [0.1, 0.15) is 23.2 Å². The topological polar surface area (TPSA) is 79.3 Å². The molecule has 0 radical (unpaired) electrons. The Balaban J connectivity index is 1.62. The van der Waals surface area contributed by atoms with Gasteiger partial charge in [-0.05, 0) is 18.9 Å². The van der Waals surface area contributed by atoms with Crippen molar-refractivity contribution < 1.29 is 24.2 Å². The number of likely N-dealkylation sites (tertiary alicyclic amines) is 1. The molecule has 1 saturated heterocycles. The van der Waals surface area contributed by atoms with Crippen LogP contribution in [-0.4, -0.2) is 60.8 Å². The first-order chi connectivity index (χ1) is 11.1. The van der Waals surface area contributed by atoms with Gasteiger partial charge >= 0.3 is 5.91 Å². The van der Waals surface area contributed by atoms with Gasteiger partial charge in [0.05, 0.1) is 24.0 Å². The summed E-state index contributed by atoms with van der Waals surface area (Å²) in [5.41, 5.74) is 0.951. The van der Waals surface area contributed by atoms with Crippen molar-refractivity contribution in [3.63, 3.8) is 0 Å². The highest BCUT2D eigenvalue weighted by Crippen LogP contribution is 2.40. The van der Waals surface area contributed by atoms with E-state index in [1.807, 2.05) is 0 Å². The van der Waals surface area contributed by atoms with Crippen molar-refractivity contribution in [1.29, 1.82) is 0 Å². The second-order valence-corrected chi connectivity index (χ2v) is 6.07. The first-order valence-corrected chi connectivity index (χ1v) is 7.84. The molecule has 4 rings (SSSR count). The summed E-state index contributed by atoms with van der Waals surface area (Å²) in [6, 6.07) is 3.31. The minimum absolute atomic E-state index is 0.271. The number of aliphatic hydroxyl groups is 1. The number of fused-ring (bicyclic) bond motifs is 2. The molecule has 0 bridgehead atoms. The van der Waals surface area contributed by atoms with Gasteiger partial charge in [-0.15, -0.1) is 0 Å². The number of amides is 1. The first kappa shape index (κ1) is 14.5.